The summed E-state index contributed by atoms with van der Waals surface area (Å²) in [5, 5.41) is 2.65. The quantitative estimate of drug-likeness (QED) is 0.518. The third kappa shape index (κ3) is 4.37. The summed E-state index contributed by atoms with van der Waals surface area (Å²) < 4.78 is 42.8. The van der Waals surface area contributed by atoms with Gasteiger partial charge in [-0.1, -0.05) is 24.3 Å². The lowest BCUT2D eigenvalue weighted by molar-refractivity contribution is -0.274. The number of fused-ring (bicyclic) bond motifs is 1. The van der Waals surface area contributed by atoms with Gasteiger partial charge in [0.1, 0.15) is 11.4 Å². The number of hydrogen-bond donors (Lipinski definition) is 1. The zero-order valence-electron chi connectivity index (χ0n) is 14.9. The number of ether oxygens (including phenoxy) is 1. The molecule has 4 rings (SSSR count). The van der Waals surface area contributed by atoms with E-state index in [9.17, 15) is 18.0 Å². The monoisotopic (exact) mass is 397 g/mol. The summed E-state index contributed by atoms with van der Waals surface area (Å²) in [6.07, 6.45) is -1.02. The van der Waals surface area contributed by atoms with Gasteiger partial charge in [-0.2, -0.15) is 0 Å². The molecule has 0 bridgehead atoms. The fourth-order valence-corrected chi connectivity index (χ4v) is 2.84. The zero-order chi connectivity index (χ0) is 20.4. The Kier molecular flexibility index (Phi) is 4.67. The molecule has 1 N–H and O–H groups in total. The first kappa shape index (κ1) is 18.5. The summed E-state index contributed by atoms with van der Waals surface area (Å²) in [6, 6.07) is 17.6. The number of carbonyl (C=O) groups excluding carboxylic acids is 1. The fourth-order valence-electron chi connectivity index (χ4n) is 2.84. The smallest absolute Gasteiger partial charge is 0.406 e. The maximum Gasteiger partial charge on any atom is 0.573 e. The van der Waals surface area contributed by atoms with Crippen LogP contribution in [0.4, 0.5) is 18.9 Å². The number of rotatable bonds is 4. The molecule has 1 amide bonds. The molecule has 4 aromatic rings. The molecule has 0 aliphatic heterocycles. The van der Waals surface area contributed by atoms with Crippen molar-refractivity contribution in [2.45, 2.75) is 6.36 Å². The van der Waals surface area contributed by atoms with E-state index in [1.165, 1.54) is 12.1 Å². The normalized spacial score (nSPS) is 11.4. The highest BCUT2D eigenvalue weighted by atomic mass is 19.4. The first-order chi connectivity index (χ1) is 13.9. The standard InChI is InChI=1S/C21H14F3N3O2/c22-21(23,24)29-17-5-3-4-15(12-17)20(28)25-16-9-7-14(8-10-16)18-13-27-11-2-1-6-19(27)26-18/h1-13H,(H,25,28). The maximum absolute atomic E-state index is 12.3. The molecule has 0 saturated heterocycles. The molecule has 0 aliphatic carbocycles. The van der Waals surface area contributed by atoms with Crippen LogP contribution in [-0.4, -0.2) is 21.7 Å². The Hall–Kier alpha value is -3.81. The number of nitrogens with one attached hydrogen (secondary N) is 1. The molecule has 146 valence electrons. The molecule has 0 unspecified atom stereocenters. The van der Waals surface area contributed by atoms with Gasteiger partial charge in [0.15, 0.2) is 0 Å². The fraction of sp³-hybridized carbons (Fsp3) is 0.0476. The number of anilines is 1. The average Bonchev–Trinajstić information content (AvgIpc) is 3.11. The van der Waals surface area contributed by atoms with Crippen LogP contribution in [0.2, 0.25) is 0 Å². The van der Waals surface area contributed by atoms with Crippen molar-refractivity contribution >= 4 is 17.2 Å². The first-order valence-corrected chi connectivity index (χ1v) is 8.59. The Bertz CT molecular complexity index is 1130. The van der Waals surface area contributed by atoms with Crippen molar-refractivity contribution in [2.24, 2.45) is 0 Å². The van der Waals surface area contributed by atoms with Crippen LogP contribution in [0.25, 0.3) is 16.9 Å². The van der Waals surface area contributed by atoms with Crippen LogP contribution < -0.4 is 10.1 Å². The third-order valence-corrected chi connectivity index (χ3v) is 4.13. The van der Waals surface area contributed by atoms with Gasteiger partial charge in [0, 0.05) is 29.2 Å². The van der Waals surface area contributed by atoms with Gasteiger partial charge in [-0.25, -0.2) is 4.98 Å². The lowest BCUT2D eigenvalue weighted by Crippen LogP contribution is -2.18. The lowest BCUT2D eigenvalue weighted by atomic mass is 10.1. The summed E-state index contributed by atoms with van der Waals surface area (Å²) in [5.74, 6) is -0.995. The number of alkyl halides is 3. The second-order valence-corrected chi connectivity index (χ2v) is 6.20. The predicted octanol–water partition coefficient (Wildman–Crippen LogP) is 5.15. The van der Waals surface area contributed by atoms with Crippen molar-refractivity contribution in [2.75, 3.05) is 5.32 Å². The van der Waals surface area contributed by atoms with Crippen LogP contribution in [0.15, 0.2) is 79.1 Å². The third-order valence-electron chi connectivity index (χ3n) is 4.13. The molecule has 2 aromatic heterocycles. The largest absolute Gasteiger partial charge is 0.573 e. The number of hydrogen-bond acceptors (Lipinski definition) is 3. The van der Waals surface area contributed by atoms with Crippen LogP contribution in [0, 0.1) is 0 Å². The van der Waals surface area contributed by atoms with Crippen LogP contribution in [0.5, 0.6) is 5.75 Å². The second kappa shape index (κ2) is 7.31. The van der Waals surface area contributed by atoms with E-state index in [0.717, 1.165) is 29.0 Å². The molecule has 0 fully saturated rings. The number of benzene rings is 2. The zero-order valence-corrected chi connectivity index (χ0v) is 14.9. The van der Waals surface area contributed by atoms with Crippen molar-refractivity contribution in [3.63, 3.8) is 0 Å². The van der Waals surface area contributed by atoms with Gasteiger partial charge in [0.2, 0.25) is 0 Å². The number of pyridine rings is 1. The van der Waals surface area contributed by atoms with Crippen LogP contribution in [0.1, 0.15) is 10.4 Å². The van der Waals surface area contributed by atoms with E-state index in [-0.39, 0.29) is 5.56 Å². The number of carbonyl (C=O) groups is 1. The van der Waals surface area contributed by atoms with Gasteiger partial charge >= 0.3 is 6.36 Å². The molecule has 2 aromatic carbocycles. The molecule has 2 heterocycles. The molecule has 0 aliphatic rings. The Morgan fingerprint density at radius 1 is 1.00 bits per heavy atom. The molecular weight excluding hydrogens is 383 g/mol. The van der Waals surface area contributed by atoms with Crippen LogP contribution in [0.3, 0.4) is 0 Å². The van der Waals surface area contributed by atoms with E-state index in [1.807, 2.05) is 35.0 Å². The summed E-state index contributed by atoms with van der Waals surface area (Å²) in [5.41, 5.74) is 3.03. The maximum atomic E-state index is 12.3. The number of amides is 1. The van der Waals surface area contributed by atoms with Gasteiger partial charge in [-0.15, -0.1) is 13.2 Å². The van der Waals surface area contributed by atoms with E-state index in [2.05, 4.69) is 15.0 Å². The van der Waals surface area contributed by atoms with Gasteiger partial charge < -0.3 is 14.5 Å². The van der Waals surface area contributed by atoms with Crippen molar-refractivity contribution in [1.29, 1.82) is 0 Å². The number of halogens is 3. The Labute approximate surface area is 163 Å². The molecule has 8 heteroatoms. The molecule has 0 saturated carbocycles. The molecule has 0 radical (unpaired) electrons. The first-order valence-electron chi connectivity index (χ1n) is 8.59. The predicted molar refractivity (Wildman–Crippen MR) is 102 cm³/mol. The summed E-state index contributed by atoms with van der Waals surface area (Å²) >= 11 is 0. The Morgan fingerprint density at radius 3 is 2.52 bits per heavy atom. The van der Waals surface area contributed by atoms with E-state index in [4.69, 9.17) is 0 Å². The average molecular weight is 397 g/mol. The van der Waals surface area contributed by atoms with Crippen LogP contribution in [-0.2, 0) is 0 Å². The molecule has 5 nitrogen and oxygen atoms in total. The minimum absolute atomic E-state index is 0.0520. The van der Waals surface area contributed by atoms with Gasteiger partial charge in [0.25, 0.3) is 5.91 Å². The Morgan fingerprint density at radius 2 is 1.79 bits per heavy atom. The highest BCUT2D eigenvalue weighted by Gasteiger charge is 2.31. The minimum Gasteiger partial charge on any atom is -0.406 e. The topological polar surface area (TPSA) is 55.6 Å². The number of nitrogens with zero attached hydrogens (tertiary/aromatic N) is 2. The summed E-state index contributed by atoms with van der Waals surface area (Å²) in [4.78, 5) is 16.9. The van der Waals surface area contributed by atoms with Crippen LogP contribution >= 0.6 is 0 Å². The molecule has 29 heavy (non-hydrogen) atoms. The van der Waals surface area contributed by atoms with Crippen molar-refractivity contribution < 1.29 is 22.7 Å². The lowest BCUT2D eigenvalue weighted by Gasteiger charge is -2.10. The SMILES string of the molecule is O=C(Nc1ccc(-c2cn3ccccc3n2)cc1)c1cccc(OC(F)(F)F)c1. The van der Waals surface area contributed by atoms with Gasteiger partial charge in [-0.3, -0.25) is 4.79 Å². The highest BCUT2D eigenvalue weighted by Crippen LogP contribution is 2.24. The second-order valence-electron chi connectivity index (χ2n) is 6.20. The van der Waals surface area contributed by atoms with Gasteiger partial charge in [-0.05, 0) is 42.5 Å². The number of aromatic nitrogens is 2. The van der Waals surface area contributed by atoms with Crippen molar-refractivity contribution in [1.82, 2.24) is 9.38 Å². The highest BCUT2D eigenvalue weighted by molar-refractivity contribution is 6.04. The Balaban J connectivity index is 1.48. The van der Waals surface area contributed by atoms with E-state index in [0.29, 0.717) is 5.69 Å². The summed E-state index contributed by atoms with van der Waals surface area (Å²) in [6.45, 7) is 0. The molecule has 0 atom stereocenters. The van der Waals surface area contributed by atoms with Crippen molar-refractivity contribution in [3.8, 4) is 17.0 Å². The van der Waals surface area contributed by atoms with E-state index >= 15 is 0 Å². The number of imidazole rings is 1. The minimum atomic E-state index is -4.82. The summed E-state index contributed by atoms with van der Waals surface area (Å²) in [7, 11) is 0. The van der Waals surface area contributed by atoms with E-state index in [1.54, 1.807) is 24.3 Å². The molecular formula is C21H14F3N3O2. The van der Waals surface area contributed by atoms with Gasteiger partial charge in [0.05, 0.1) is 5.69 Å². The molecule has 0 spiro atoms. The van der Waals surface area contributed by atoms with Crippen molar-refractivity contribution in [3.05, 3.63) is 84.7 Å². The van der Waals surface area contributed by atoms with E-state index < -0.39 is 18.0 Å².